The smallest absolute Gasteiger partial charge is 0.314 e. The van der Waals surface area contributed by atoms with Crippen LogP contribution in [0.3, 0.4) is 0 Å². The number of nitrogens with zero attached hydrogens (tertiary/aromatic N) is 2. The van der Waals surface area contributed by atoms with E-state index in [0.717, 1.165) is 17.0 Å². The molecule has 0 aliphatic carbocycles. The number of carbonyl (C=O) groups is 2. The summed E-state index contributed by atoms with van der Waals surface area (Å²) in [6.07, 6.45) is -0.276. The quantitative estimate of drug-likeness (QED) is 0.818. The monoisotopic (exact) mass is 343 g/mol. The van der Waals surface area contributed by atoms with Crippen molar-refractivity contribution >= 4 is 17.6 Å². The van der Waals surface area contributed by atoms with Gasteiger partial charge >= 0.3 is 5.97 Å². The number of ether oxygens (including phenoxy) is 1. The van der Waals surface area contributed by atoms with Crippen molar-refractivity contribution in [1.29, 1.82) is 0 Å². The molecule has 6 nitrogen and oxygen atoms in total. The number of carbonyl (C=O) groups excluding carboxylic acids is 2. The SMILES string of the molecule is CCC(C(=O)OC(C)C(=O)Nc1c(C)nn(C)c1C)c1ccccc1. The van der Waals surface area contributed by atoms with Crippen molar-refractivity contribution in [2.75, 3.05) is 5.32 Å². The van der Waals surface area contributed by atoms with Gasteiger partial charge in [-0.2, -0.15) is 5.10 Å². The van der Waals surface area contributed by atoms with Crippen molar-refractivity contribution < 1.29 is 14.3 Å². The van der Waals surface area contributed by atoms with E-state index in [1.807, 2.05) is 58.2 Å². The van der Waals surface area contributed by atoms with Crippen molar-refractivity contribution in [3.05, 3.63) is 47.3 Å². The summed E-state index contributed by atoms with van der Waals surface area (Å²) in [5.41, 5.74) is 3.12. The highest BCUT2D eigenvalue weighted by Crippen LogP contribution is 2.22. The van der Waals surface area contributed by atoms with Crippen molar-refractivity contribution in [2.24, 2.45) is 7.05 Å². The van der Waals surface area contributed by atoms with Crippen LogP contribution in [-0.2, 0) is 21.4 Å². The van der Waals surface area contributed by atoms with E-state index in [1.165, 1.54) is 0 Å². The molecule has 0 aliphatic rings. The highest BCUT2D eigenvalue weighted by Gasteiger charge is 2.26. The van der Waals surface area contributed by atoms with Gasteiger partial charge in [0, 0.05) is 7.05 Å². The molecule has 0 bridgehead atoms. The highest BCUT2D eigenvalue weighted by atomic mass is 16.5. The van der Waals surface area contributed by atoms with E-state index >= 15 is 0 Å². The molecule has 2 aromatic rings. The number of nitrogens with one attached hydrogen (secondary N) is 1. The molecule has 1 N–H and O–H groups in total. The zero-order valence-electron chi connectivity index (χ0n) is 15.4. The standard InChI is InChI=1S/C19H25N3O3/c1-6-16(15-10-8-7-9-11-15)19(24)25-14(4)18(23)20-17-12(2)21-22(5)13(17)3/h7-11,14,16H,6H2,1-5H3,(H,20,23). The molecule has 2 rings (SSSR count). The number of anilines is 1. The van der Waals surface area contributed by atoms with Gasteiger partial charge in [-0.1, -0.05) is 37.3 Å². The third-order valence-corrected chi connectivity index (χ3v) is 4.31. The Balaban J connectivity index is 2.03. The number of benzene rings is 1. The lowest BCUT2D eigenvalue weighted by molar-refractivity contribution is -0.154. The lowest BCUT2D eigenvalue weighted by Crippen LogP contribution is -2.32. The summed E-state index contributed by atoms with van der Waals surface area (Å²) >= 11 is 0. The van der Waals surface area contributed by atoms with Crippen LogP contribution >= 0.6 is 0 Å². The van der Waals surface area contributed by atoms with E-state index in [2.05, 4.69) is 10.4 Å². The zero-order chi connectivity index (χ0) is 18.6. The summed E-state index contributed by atoms with van der Waals surface area (Å²) in [5, 5.41) is 7.06. The fourth-order valence-electron chi connectivity index (χ4n) is 2.71. The number of aromatic nitrogens is 2. The number of hydrogen-bond acceptors (Lipinski definition) is 4. The first-order valence-electron chi connectivity index (χ1n) is 8.41. The molecular formula is C19H25N3O3. The van der Waals surface area contributed by atoms with E-state index in [4.69, 9.17) is 4.74 Å². The Morgan fingerprint density at radius 3 is 2.40 bits per heavy atom. The average Bonchev–Trinajstić information content (AvgIpc) is 2.82. The third kappa shape index (κ3) is 4.26. The minimum atomic E-state index is -0.885. The lowest BCUT2D eigenvalue weighted by Gasteiger charge is -2.18. The molecule has 1 aromatic heterocycles. The normalized spacial score (nSPS) is 13.2. The van der Waals surface area contributed by atoms with Crippen LogP contribution in [0.5, 0.6) is 0 Å². The summed E-state index contributed by atoms with van der Waals surface area (Å²) in [7, 11) is 1.81. The van der Waals surface area contributed by atoms with Crippen molar-refractivity contribution in [2.45, 2.75) is 46.1 Å². The molecule has 0 spiro atoms. The van der Waals surface area contributed by atoms with Gasteiger partial charge in [0.2, 0.25) is 0 Å². The van der Waals surface area contributed by atoms with Gasteiger partial charge in [-0.05, 0) is 32.8 Å². The van der Waals surface area contributed by atoms with E-state index in [1.54, 1.807) is 11.6 Å². The number of esters is 1. The molecule has 0 fully saturated rings. The van der Waals surface area contributed by atoms with Gasteiger partial charge in [-0.25, -0.2) is 0 Å². The highest BCUT2D eigenvalue weighted by molar-refractivity contribution is 5.96. The molecule has 2 unspecified atom stereocenters. The molecule has 0 saturated carbocycles. The van der Waals surface area contributed by atoms with E-state index in [9.17, 15) is 9.59 Å². The van der Waals surface area contributed by atoms with E-state index < -0.39 is 12.1 Å². The lowest BCUT2D eigenvalue weighted by atomic mass is 9.97. The van der Waals surface area contributed by atoms with Gasteiger partial charge in [0.15, 0.2) is 6.10 Å². The summed E-state index contributed by atoms with van der Waals surface area (Å²) in [6, 6.07) is 9.45. The summed E-state index contributed by atoms with van der Waals surface area (Å²) in [4.78, 5) is 24.8. The van der Waals surface area contributed by atoms with Crippen LogP contribution in [0, 0.1) is 13.8 Å². The summed E-state index contributed by atoms with van der Waals surface area (Å²) in [5.74, 6) is -1.13. The molecule has 2 atom stereocenters. The first kappa shape index (κ1) is 18.7. The molecule has 0 radical (unpaired) electrons. The largest absolute Gasteiger partial charge is 0.452 e. The first-order valence-corrected chi connectivity index (χ1v) is 8.41. The second kappa shape index (κ2) is 7.96. The maximum atomic E-state index is 12.5. The summed E-state index contributed by atoms with van der Waals surface area (Å²) < 4.78 is 7.10. The maximum Gasteiger partial charge on any atom is 0.314 e. The average molecular weight is 343 g/mol. The van der Waals surface area contributed by atoms with Crippen molar-refractivity contribution in [3.8, 4) is 0 Å². The van der Waals surface area contributed by atoms with Gasteiger partial charge < -0.3 is 10.1 Å². The second-order valence-electron chi connectivity index (χ2n) is 6.11. The topological polar surface area (TPSA) is 73.2 Å². The summed E-state index contributed by atoms with van der Waals surface area (Å²) in [6.45, 7) is 7.19. The zero-order valence-corrected chi connectivity index (χ0v) is 15.4. The van der Waals surface area contributed by atoms with Gasteiger partial charge in [0.1, 0.15) is 0 Å². The van der Waals surface area contributed by atoms with Crippen LogP contribution in [0.4, 0.5) is 5.69 Å². The van der Waals surface area contributed by atoms with Crippen LogP contribution in [0.2, 0.25) is 0 Å². The fourth-order valence-corrected chi connectivity index (χ4v) is 2.71. The minimum absolute atomic E-state index is 0.365. The molecule has 134 valence electrons. The molecule has 0 saturated heterocycles. The van der Waals surface area contributed by atoms with Crippen LogP contribution in [0.1, 0.15) is 43.1 Å². The van der Waals surface area contributed by atoms with Crippen LogP contribution in [0.15, 0.2) is 30.3 Å². The van der Waals surface area contributed by atoms with Crippen LogP contribution in [0.25, 0.3) is 0 Å². The Morgan fingerprint density at radius 1 is 1.24 bits per heavy atom. The maximum absolute atomic E-state index is 12.5. The van der Waals surface area contributed by atoms with E-state index in [-0.39, 0.29) is 11.8 Å². The molecule has 1 heterocycles. The Kier molecular flexibility index (Phi) is 5.96. The number of amides is 1. The van der Waals surface area contributed by atoms with Crippen LogP contribution in [-0.4, -0.2) is 27.8 Å². The molecule has 6 heteroatoms. The van der Waals surface area contributed by atoms with Gasteiger partial charge in [0.25, 0.3) is 5.91 Å². The van der Waals surface area contributed by atoms with Gasteiger partial charge in [0.05, 0.1) is 23.0 Å². The Labute approximate surface area is 148 Å². The van der Waals surface area contributed by atoms with E-state index in [0.29, 0.717) is 12.1 Å². The number of aryl methyl sites for hydroxylation is 2. The molecule has 25 heavy (non-hydrogen) atoms. The predicted molar refractivity (Wildman–Crippen MR) is 96.3 cm³/mol. The number of hydrogen-bond donors (Lipinski definition) is 1. The third-order valence-electron chi connectivity index (χ3n) is 4.31. The fraction of sp³-hybridized carbons (Fsp3) is 0.421. The molecule has 0 aliphatic heterocycles. The van der Waals surface area contributed by atoms with Crippen molar-refractivity contribution in [3.63, 3.8) is 0 Å². The van der Waals surface area contributed by atoms with Crippen molar-refractivity contribution in [1.82, 2.24) is 9.78 Å². The Hall–Kier alpha value is -2.63. The second-order valence-corrected chi connectivity index (χ2v) is 6.11. The predicted octanol–water partition coefficient (Wildman–Crippen LogP) is 3.10. The Morgan fingerprint density at radius 2 is 1.88 bits per heavy atom. The van der Waals surface area contributed by atoms with Gasteiger partial charge in [-0.3, -0.25) is 14.3 Å². The first-order chi connectivity index (χ1) is 11.8. The van der Waals surface area contributed by atoms with Crippen LogP contribution < -0.4 is 5.32 Å². The minimum Gasteiger partial charge on any atom is -0.452 e. The Bertz CT molecular complexity index is 753. The number of rotatable bonds is 6. The molecule has 1 amide bonds. The van der Waals surface area contributed by atoms with Gasteiger partial charge in [-0.15, -0.1) is 0 Å². The molecule has 1 aromatic carbocycles. The molecular weight excluding hydrogens is 318 g/mol.